The molecule has 0 spiro atoms. The van der Waals surface area contributed by atoms with Gasteiger partial charge in [0, 0.05) is 20.1 Å². The summed E-state index contributed by atoms with van der Waals surface area (Å²) in [6.07, 6.45) is 1.10. The second-order valence-electron chi connectivity index (χ2n) is 4.56. The van der Waals surface area contributed by atoms with Gasteiger partial charge in [-0.1, -0.05) is 6.92 Å². The quantitative estimate of drug-likeness (QED) is 0.846. The lowest BCUT2D eigenvalue weighted by molar-refractivity contribution is 0.0965. The lowest BCUT2D eigenvalue weighted by atomic mass is 10.2. The summed E-state index contributed by atoms with van der Waals surface area (Å²) >= 11 is 1.31. The van der Waals surface area contributed by atoms with Crippen molar-refractivity contribution in [3.63, 3.8) is 0 Å². The lowest BCUT2D eigenvalue weighted by Crippen LogP contribution is -2.24. The minimum atomic E-state index is -0.222. The molecule has 3 N–H and O–H groups in total. The first-order valence-corrected chi connectivity index (χ1v) is 6.69. The molecule has 96 valence electrons. The second kappa shape index (κ2) is 4.86. The van der Waals surface area contributed by atoms with Crippen molar-refractivity contribution >= 4 is 27.9 Å². The van der Waals surface area contributed by atoms with Gasteiger partial charge >= 0.3 is 0 Å². The summed E-state index contributed by atoms with van der Waals surface area (Å²) in [4.78, 5) is 14.5. The zero-order valence-electron chi connectivity index (χ0n) is 10.5. The van der Waals surface area contributed by atoms with Crippen molar-refractivity contribution in [3.05, 3.63) is 10.4 Å². The van der Waals surface area contributed by atoms with E-state index in [1.807, 2.05) is 0 Å². The lowest BCUT2D eigenvalue weighted by Gasteiger charge is -2.17. The molecule has 1 aromatic heterocycles. The average molecular weight is 264 g/mol. The number of thiophene rings is 1. The van der Waals surface area contributed by atoms with Gasteiger partial charge in [-0.3, -0.25) is 4.79 Å². The van der Waals surface area contributed by atoms with Gasteiger partial charge < -0.3 is 16.0 Å². The van der Waals surface area contributed by atoms with E-state index >= 15 is 0 Å². The van der Waals surface area contributed by atoms with Crippen LogP contribution in [0.15, 0.2) is 0 Å². The number of nitrogens with zero attached hydrogens (tertiary/aromatic N) is 2. The van der Waals surface area contributed by atoms with E-state index in [1.54, 1.807) is 7.05 Å². The highest BCUT2D eigenvalue weighted by molar-refractivity contribution is 7.17. The smallest absolute Gasteiger partial charge is 0.256 e. The first kappa shape index (κ1) is 12.7. The minimum absolute atomic E-state index is 0.222. The maximum atomic E-state index is 11.9. The maximum absolute atomic E-state index is 11.9. The van der Waals surface area contributed by atoms with E-state index in [2.05, 4.69) is 23.2 Å². The van der Waals surface area contributed by atoms with Gasteiger partial charge in [-0.2, -0.15) is 5.26 Å². The van der Waals surface area contributed by atoms with Crippen molar-refractivity contribution in [1.29, 1.82) is 5.26 Å². The van der Waals surface area contributed by atoms with E-state index in [4.69, 9.17) is 11.0 Å². The zero-order valence-corrected chi connectivity index (χ0v) is 11.3. The van der Waals surface area contributed by atoms with Gasteiger partial charge in [-0.15, -0.1) is 11.3 Å². The highest BCUT2D eigenvalue weighted by atomic mass is 32.1. The van der Waals surface area contributed by atoms with Crippen molar-refractivity contribution in [1.82, 2.24) is 5.32 Å². The molecule has 6 heteroatoms. The van der Waals surface area contributed by atoms with Crippen LogP contribution in [0, 0.1) is 17.2 Å². The third-order valence-electron chi connectivity index (χ3n) is 3.19. The largest absolute Gasteiger partial charge is 0.396 e. The highest BCUT2D eigenvalue weighted by Crippen LogP contribution is 2.39. The second-order valence-corrected chi connectivity index (χ2v) is 5.55. The van der Waals surface area contributed by atoms with Gasteiger partial charge in [0.05, 0.1) is 11.3 Å². The van der Waals surface area contributed by atoms with E-state index < -0.39 is 0 Å². The molecule has 1 aliphatic heterocycles. The number of nitriles is 1. The van der Waals surface area contributed by atoms with Crippen LogP contribution in [0.2, 0.25) is 0 Å². The molecular formula is C12H16N4OS. The summed E-state index contributed by atoms with van der Waals surface area (Å²) in [6, 6.07) is 2.06. The topological polar surface area (TPSA) is 82.2 Å². The Hall–Kier alpha value is -1.74. The van der Waals surface area contributed by atoms with Crippen LogP contribution in [-0.2, 0) is 0 Å². The fourth-order valence-electron chi connectivity index (χ4n) is 2.20. The van der Waals surface area contributed by atoms with Gasteiger partial charge in [0.25, 0.3) is 5.91 Å². The molecule has 1 aromatic rings. The Balaban J connectivity index is 2.46. The summed E-state index contributed by atoms with van der Waals surface area (Å²) in [5.41, 5.74) is 6.65. The number of nitrogens with two attached hydrogens (primary N) is 1. The van der Waals surface area contributed by atoms with Gasteiger partial charge in [0.1, 0.15) is 15.9 Å². The Kier molecular flexibility index (Phi) is 3.43. The van der Waals surface area contributed by atoms with Crippen LogP contribution < -0.4 is 16.0 Å². The van der Waals surface area contributed by atoms with E-state index in [0.717, 1.165) is 24.5 Å². The number of carbonyl (C=O) groups is 1. The normalized spacial score (nSPS) is 18.7. The number of nitrogens with one attached hydrogen (secondary N) is 1. The van der Waals surface area contributed by atoms with Gasteiger partial charge in [0.2, 0.25) is 0 Å². The van der Waals surface area contributed by atoms with Gasteiger partial charge in [-0.25, -0.2) is 0 Å². The molecule has 0 aromatic carbocycles. The molecule has 2 heterocycles. The summed E-state index contributed by atoms with van der Waals surface area (Å²) in [6.45, 7) is 4.01. The number of nitrogen functional groups attached to an aromatic ring is 1. The first-order valence-electron chi connectivity index (χ1n) is 5.87. The molecule has 0 radical (unpaired) electrons. The summed E-state index contributed by atoms with van der Waals surface area (Å²) in [7, 11) is 1.57. The van der Waals surface area contributed by atoms with Crippen LogP contribution in [0.5, 0.6) is 0 Å². The Bertz CT molecular complexity index is 517. The Labute approximate surface area is 110 Å². The predicted molar refractivity (Wildman–Crippen MR) is 72.8 cm³/mol. The number of carbonyl (C=O) groups excluding carboxylic acids is 1. The molecule has 1 unspecified atom stereocenters. The van der Waals surface area contributed by atoms with Gasteiger partial charge in [-0.05, 0) is 12.3 Å². The van der Waals surface area contributed by atoms with Gasteiger partial charge in [0.15, 0.2) is 0 Å². The van der Waals surface area contributed by atoms with E-state index in [1.165, 1.54) is 11.3 Å². The highest BCUT2D eigenvalue weighted by Gasteiger charge is 2.28. The fourth-order valence-corrected chi connectivity index (χ4v) is 3.25. The van der Waals surface area contributed by atoms with Crippen molar-refractivity contribution < 1.29 is 4.79 Å². The van der Waals surface area contributed by atoms with Crippen LogP contribution in [-0.4, -0.2) is 26.0 Å². The molecule has 5 nitrogen and oxygen atoms in total. The average Bonchev–Trinajstić information content (AvgIpc) is 2.92. The zero-order chi connectivity index (χ0) is 13.3. The monoisotopic (exact) mass is 264 g/mol. The predicted octanol–water partition coefficient (Wildman–Crippen LogP) is 1.41. The molecule has 18 heavy (non-hydrogen) atoms. The molecule has 1 saturated heterocycles. The number of hydrogen-bond donors (Lipinski definition) is 2. The van der Waals surface area contributed by atoms with Crippen molar-refractivity contribution in [2.24, 2.45) is 5.92 Å². The molecular weight excluding hydrogens is 248 g/mol. The van der Waals surface area contributed by atoms with Crippen molar-refractivity contribution in [2.75, 3.05) is 30.8 Å². The fraction of sp³-hybridized carbons (Fsp3) is 0.500. The number of anilines is 2. The van der Waals surface area contributed by atoms with Crippen molar-refractivity contribution in [2.45, 2.75) is 13.3 Å². The maximum Gasteiger partial charge on any atom is 0.256 e. The summed E-state index contributed by atoms with van der Waals surface area (Å²) < 4.78 is 0. The Morgan fingerprint density at radius 2 is 2.39 bits per heavy atom. The molecule has 1 atom stereocenters. The Morgan fingerprint density at radius 1 is 1.67 bits per heavy atom. The third-order valence-corrected chi connectivity index (χ3v) is 4.36. The number of hydrogen-bond acceptors (Lipinski definition) is 5. The third kappa shape index (κ3) is 2.02. The van der Waals surface area contributed by atoms with Crippen LogP contribution in [0.4, 0.5) is 10.7 Å². The summed E-state index contributed by atoms with van der Waals surface area (Å²) in [5, 5.41) is 12.4. The molecule has 1 amide bonds. The molecule has 2 rings (SSSR count). The van der Waals surface area contributed by atoms with Crippen LogP contribution in [0.1, 0.15) is 28.6 Å². The standard InChI is InChI=1S/C12H16N4OS/c1-7-3-4-16(6-7)12-9(11(17)15-2)10(14)8(5-13)18-12/h7H,3-4,6,14H2,1-2H3,(H,15,17). The van der Waals surface area contributed by atoms with E-state index in [0.29, 0.717) is 22.0 Å². The van der Waals surface area contributed by atoms with Crippen LogP contribution in [0.25, 0.3) is 0 Å². The molecule has 0 bridgehead atoms. The molecule has 1 fully saturated rings. The Morgan fingerprint density at radius 3 is 2.89 bits per heavy atom. The number of rotatable bonds is 2. The SMILES string of the molecule is CNC(=O)c1c(N2CCC(C)C2)sc(C#N)c1N. The molecule has 0 aliphatic carbocycles. The van der Waals surface area contributed by atoms with Crippen LogP contribution in [0.3, 0.4) is 0 Å². The van der Waals surface area contributed by atoms with Crippen molar-refractivity contribution in [3.8, 4) is 6.07 Å². The minimum Gasteiger partial charge on any atom is -0.396 e. The molecule has 0 saturated carbocycles. The first-order chi connectivity index (χ1) is 8.58. The van der Waals surface area contributed by atoms with E-state index in [-0.39, 0.29) is 5.91 Å². The number of amides is 1. The van der Waals surface area contributed by atoms with Crippen LogP contribution >= 0.6 is 11.3 Å². The van der Waals surface area contributed by atoms with E-state index in [9.17, 15) is 4.79 Å². The summed E-state index contributed by atoms with van der Waals surface area (Å²) in [5.74, 6) is 0.385. The molecule has 1 aliphatic rings.